The van der Waals surface area contributed by atoms with Gasteiger partial charge in [0.25, 0.3) is 5.91 Å². The Labute approximate surface area is 141 Å². The smallest absolute Gasteiger partial charge is 0.274 e. The molecular weight excluding hydrogens is 366 g/mol. The van der Waals surface area contributed by atoms with E-state index in [2.05, 4.69) is 26.2 Å². The summed E-state index contributed by atoms with van der Waals surface area (Å²) in [5.41, 5.74) is 3.65. The number of aromatic nitrogens is 2. The molecule has 2 heterocycles. The van der Waals surface area contributed by atoms with E-state index in [0.717, 1.165) is 15.7 Å². The van der Waals surface area contributed by atoms with Crippen molar-refractivity contribution in [3.63, 3.8) is 0 Å². The van der Waals surface area contributed by atoms with Crippen LogP contribution in [0.1, 0.15) is 21.7 Å². The summed E-state index contributed by atoms with van der Waals surface area (Å²) in [6.07, 6.45) is 1.75. The van der Waals surface area contributed by atoms with Crippen molar-refractivity contribution in [2.24, 2.45) is 0 Å². The summed E-state index contributed by atoms with van der Waals surface area (Å²) in [4.78, 5) is 16.9. The molecule has 0 fully saturated rings. The van der Waals surface area contributed by atoms with Crippen LogP contribution >= 0.6 is 27.5 Å². The van der Waals surface area contributed by atoms with Gasteiger partial charge in [-0.1, -0.05) is 33.6 Å². The zero-order valence-corrected chi connectivity index (χ0v) is 14.4. The molecule has 6 heteroatoms. The quantitative estimate of drug-likeness (QED) is 0.707. The third-order valence-electron chi connectivity index (χ3n) is 3.41. The first-order valence-corrected chi connectivity index (χ1v) is 7.84. The molecule has 0 atom stereocenters. The highest BCUT2D eigenvalue weighted by Crippen LogP contribution is 2.22. The van der Waals surface area contributed by atoms with Crippen molar-refractivity contribution in [2.45, 2.75) is 13.8 Å². The van der Waals surface area contributed by atoms with Gasteiger partial charge in [-0.2, -0.15) is 0 Å². The van der Waals surface area contributed by atoms with E-state index in [1.165, 1.54) is 0 Å². The molecule has 3 rings (SSSR count). The van der Waals surface area contributed by atoms with Crippen molar-refractivity contribution in [1.29, 1.82) is 0 Å². The number of amides is 1. The summed E-state index contributed by atoms with van der Waals surface area (Å²) in [5.74, 6) is -0.205. The minimum absolute atomic E-state index is 0.205. The van der Waals surface area contributed by atoms with Gasteiger partial charge >= 0.3 is 0 Å². The molecule has 0 aliphatic heterocycles. The zero-order valence-electron chi connectivity index (χ0n) is 12.0. The lowest BCUT2D eigenvalue weighted by Crippen LogP contribution is -2.15. The molecule has 4 nitrogen and oxygen atoms in total. The number of carbonyl (C=O) groups is 1. The van der Waals surface area contributed by atoms with Gasteiger partial charge < -0.3 is 5.32 Å². The Kier molecular flexibility index (Phi) is 3.93. The fourth-order valence-corrected chi connectivity index (χ4v) is 2.80. The Morgan fingerprint density at radius 1 is 1.27 bits per heavy atom. The highest BCUT2D eigenvalue weighted by molar-refractivity contribution is 9.10. The highest BCUT2D eigenvalue weighted by atomic mass is 79.9. The number of carbonyl (C=O) groups excluding carboxylic acids is 1. The Balaban J connectivity index is 1.98. The number of imidazole rings is 1. The number of aryl methyl sites for hydroxylation is 2. The highest BCUT2D eigenvalue weighted by Gasteiger charge is 2.17. The number of hydrogen-bond acceptors (Lipinski definition) is 2. The lowest BCUT2D eigenvalue weighted by molar-refractivity contribution is 0.102. The molecular formula is C16H13BrClN3O. The van der Waals surface area contributed by atoms with Crippen LogP contribution in [0.15, 0.2) is 41.0 Å². The van der Waals surface area contributed by atoms with Crippen molar-refractivity contribution in [2.75, 3.05) is 5.32 Å². The van der Waals surface area contributed by atoms with Crippen LogP contribution in [0.4, 0.5) is 5.69 Å². The first kappa shape index (κ1) is 15.1. The van der Waals surface area contributed by atoms with Gasteiger partial charge in [0.05, 0.1) is 5.69 Å². The Morgan fingerprint density at radius 3 is 2.77 bits per heavy atom. The number of pyridine rings is 1. The van der Waals surface area contributed by atoms with Gasteiger partial charge in [-0.25, -0.2) is 4.98 Å². The molecule has 0 aliphatic rings. The van der Waals surface area contributed by atoms with Crippen LogP contribution < -0.4 is 5.32 Å². The fourth-order valence-electron chi connectivity index (χ4n) is 2.27. The molecule has 3 aromatic rings. The van der Waals surface area contributed by atoms with E-state index in [1.807, 2.05) is 25.1 Å². The molecule has 1 amide bonds. The number of rotatable bonds is 2. The molecule has 1 N–H and O–H groups in total. The Bertz CT molecular complexity index is 888. The second kappa shape index (κ2) is 5.74. The van der Waals surface area contributed by atoms with E-state index < -0.39 is 0 Å². The standard InChI is InChI=1S/C16H13BrClN3O/c1-9-3-4-12(8-13(9)17)20-16(22)15-10(2)19-14-7-11(18)5-6-21(14)15/h3-8H,1-2H3,(H,20,22). The molecule has 0 aliphatic carbocycles. The predicted octanol–water partition coefficient (Wildman–Crippen LogP) is 4.62. The van der Waals surface area contributed by atoms with Crippen molar-refractivity contribution in [3.8, 4) is 0 Å². The van der Waals surface area contributed by atoms with Gasteiger partial charge in [0.2, 0.25) is 0 Å². The van der Waals surface area contributed by atoms with Gasteiger partial charge in [-0.05, 0) is 37.6 Å². The summed E-state index contributed by atoms with van der Waals surface area (Å²) in [5, 5.41) is 3.49. The van der Waals surface area contributed by atoms with Gasteiger partial charge in [0.1, 0.15) is 11.3 Å². The number of hydrogen-bond donors (Lipinski definition) is 1. The van der Waals surface area contributed by atoms with Gasteiger partial charge in [0.15, 0.2) is 0 Å². The fraction of sp³-hybridized carbons (Fsp3) is 0.125. The normalized spacial score (nSPS) is 10.9. The number of nitrogens with one attached hydrogen (secondary N) is 1. The molecule has 0 bridgehead atoms. The molecule has 22 heavy (non-hydrogen) atoms. The Morgan fingerprint density at radius 2 is 2.05 bits per heavy atom. The maximum Gasteiger partial charge on any atom is 0.274 e. The second-order valence-electron chi connectivity index (χ2n) is 5.04. The van der Waals surface area contributed by atoms with Crippen molar-refractivity contribution in [3.05, 3.63) is 63.0 Å². The second-order valence-corrected chi connectivity index (χ2v) is 6.33. The van der Waals surface area contributed by atoms with Crippen LogP contribution in [0, 0.1) is 13.8 Å². The molecule has 0 saturated carbocycles. The van der Waals surface area contributed by atoms with E-state index in [4.69, 9.17) is 11.6 Å². The minimum atomic E-state index is -0.205. The molecule has 0 spiro atoms. The molecule has 0 radical (unpaired) electrons. The van der Waals surface area contributed by atoms with E-state index in [1.54, 1.807) is 29.7 Å². The summed E-state index contributed by atoms with van der Waals surface area (Å²) in [6, 6.07) is 9.15. The van der Waals surface area contributed by atoms with Crippen LogP contribution in [0.5, 0.6) is 0 Å². The van der Waals surface area contributed by atoms with E-state index in [0.29, 0.717) is 22.1 Å². The number of nitrogens with zero attached hydrogens (tertiary/aromatic N) is 2. The molecule has 112 valence electrons. The van der Waals surface area contributed by atoms with Crippen LogP contribution in [0.25, 0.3) is 5.65 Å². The Hall–Kier alpha value is -1.85. The molecule has 0 saturated heterocycles. The molecule has 1 aromatic carbocycles. The SMILES string of the molecule is Cc1ccc(NC(=O)c2c(C)nc3cc(Cl)ccn23)cc1Br. The zero-order chi connectivity index (χ0) is 15.9. The molecule has 2 aromatic heterocycles. The van der Waals surface area contributed by atoms with E-state index in [-0.39, 0.29) is 5.91 Å². The van der Waals surface area contributed by atoms with Crippen molar-refractivity contribution in [1.82, 2.24) is 9.38 Å². The van der Waals surface area contributed by atoms with Gasteiger partial charge in [-0.15, -0.1) is 0 Å². The number of halogens is 2. The number of fused-ring (bicyclic) bond motifs is 1. The number of benzene rings is 1. The first-order valence-electron chi connectivity index (χ1n) is 6.67. The average molecular weight is 379 g/mol. The average Bonchev–Trinajstić information content (AvgIpc) is 2.78. The predicted molar refractivity (Wildman–Crippen MR) is 91.8 cm³/mol. The van der Waals surface area contributed by atoms with E-state index in [9.17, 15) is 4.79 Å². The largest absolute Gasteiger partial charge is 0.321 e. The van der Waals surface area contributed by atoms with Crippen LogP contribution in [0.3, 0.4) is 0 Å². The number of anilines is 1. The minimum Gasteiger partial charge on any atom is -0.321 e. The third-order valence-corrected chi connectivity index (χ3v) is 4.50. The molecule has 0 unspecified atom stereocenters. The summed E-state index contributed by atoms with van der Waals surface area (Å²) >= 11 is 9.43. The third kappa shape index (κ3) is 2.74. The maximum atomic E-state index is 12.6. The van der Waals surface area contributed by atoms with Crippen LogP contribution in [0.2, 0.25) is 5.02 Å². The lowest BCUT2D eigenvalue weighted by Gasteiger charge is -2.07. The first-order chi connectivity index (χ1) is 10.5. The lowest BCUT2D eigenvalue weighted by atomic mass is 10.2. The van der Waals surface area contributed by atoms with E-state index >= 15 is 0 Å². The summed E-state index contributed by atoms with van der Waals surface area (Å²) in [7, 11) is 0. The summed E-state index contributed by atoms with van der Waals surface area (Å²) in [6.45, 7) is 3.80. The monoisotopic (exact) mass is 377 g/mol. The van der Waals surface area contributed by atoms with Crippen molar-refractivity contribution >= 4 is 44.8 Å². The van der Waals surface area contributed by atoms with Gasteiger partial charge in [-0.3, -0.25) is 9.20 Å². The van der Waals surface area contributed by atoms with Gasteiger partial charge in [0, 0.05) is 27.4 Å². The summed E-state index contributed by atoms with van der Waals surface area (Å²) < 4.78 is 2.69. The van der Waals surface area contributed by atoms with Crippen molar-refractivity contribution < 1.29 is 4.79 Å². The topological polar surface area (TPSA) is 46.4 Å². The van der Waals surface area contributed by atoms with Crippen LogP contribution in [-0.4, -0.2) is 15.3 Å². The maximum absolute atomic E-state index is 12.6. The van der Waals surface area contributed by atoms with Crippen LogP contribution in [-0.2, 0) is 0 Å².